The molecule has 0 saturated heterocycles. The standard InChI is InChI=1S/C14H20ClNO3/c1-9(2)16(4)14(18)8-19-13-6-5-11(15)7-12(13)10(3)17/h5-7,9-10,17H,8H2,1-4H3/t10-/m0/s1. The summed E-state index contributed by atoms with van der Waals surface area (Å²) in [5, 5.41) is 10.2. The van der Waals surface area contributed by atoms with Crippen molar-refractivity contribution in [1.82, 2.24) is 4.90 Å². The van der Waals surface area contributed by atoms with Gasteiger partial charge in [-0.3, -0.25) is 4.79 Å². The third-order valence-electron chi connectivity index (χ3n) is 2.94. The van der Waals surface area contributed by atoms with E-state index in [1.165, 1.54) is 0 Å². The lowest BCUT2D eigenvalue weighted by Crippen LogP contribution is -2.36. The topological polar surface area (TPSA) is 49.8 Å². The molecule has 1 rings (SSSR count). The summed E-state index contributed by atoms with van der Waals surface area (Å²) < 4.78 is 5.48. The molecule has 106 valence electrons. The number of hydrogen-bond donors (Lipinski definition) is 1. The minimum Gasteiger partial charge on any atom is -0.483 e. The molecule has 19 heavy (non-hydrogen) atoms. The van der Waals surface area contributed by atoms with E-state index in [0.29, 0.717) is 16.3 Å². The van der Waals surface area contributed by atoms with Crippen molar-refractivity contribution in [3.8, 4) is 5.75 Å². The molecular weight excluding hydrogens is 266 g/mol. The highest BCUT2D eigenvalue weighted by Gasteiger charge is 2.15. The van der Waals surface area contributed by atoms with Crippen LogP contribution in [0, 0.1) is 0 Å². The average molecular weight is 286 g/mol. The molecule has 0 radical (unpaired) electrons. The Hall–Kier alpha value is -1.26. The number of amides is 1. The number of carbonyl (C=O) groups is 1. The summed E-state index contributed by atoms with van der Waals surface area (Å²) >= 11 is 5.87. The van der Waals surface area contributed by atoms with E-state index < -0.39 is 6.10 Å². The first-order chi connectivity index (χ1) is 8.82. The summed E-state index contributed by atoms with van der Waals surface area (Å²) in [5.41, 5.74) is 0.576. The smallest absolute Gasteiger partial charge is 0.260 e. The van der Waals surface area contributed by atoms with Gasteiger partial charge < -0.3 is 14.7 Å². The molecule has 0 aliphatic rings. The van der Waals surface area contributed by atoms with Gasteiger partial charge in [-0.25, -0.2) is 0 Å². The van der Waals surface area contributed by atoms with E-state index in [0.717, 1.165) is 0 Å². The first-order valence-electron chi connectivity index (χ1n) is 6.19. The quantitative estimate of drug-likeness (QED) is 0.905. The van der Waals surface area contributed by atoms with Crippen molar-refractivity contribution in [3.05, 3.63) is 28.8 Å². The number of nitrogens with zero attached hydrogens (tertiary/aromatic N) is 1. The third-order valence-corrected chi connectivity index (χ3v) is 3.18. The van der Waals surface area contributed by atoms with E-state index in [1.807, 2.05) is 13.8 Å². The Kier molecular flexibility index (Phi) is 5.63. The normalized spacial score (nSPS) is 12.4. The van der Waals surface area contributed by atoms with Crippen molar-refractivity contribution in [2.24, 2.45) is 0 Å². The summed E-state index contributed by atoms with van der Waals surface area (Å²) in [6, 6.07) is 5.09. The highest BCUT2D eigenvalue weighted by Crippen LogP contribution is 2.28. The van der Waals surface area contributed by atoms with Gasteiger partial charge in [0.25, 0.3) is 5.91 Å². The number of ether oxygens (including phenoxy) is 1. The van der Waals surface area contributed by atoms with Crippen LogP contribution in [-0.4, -0.2) is 35.6 Å². The number of benzene rings is 1. The zero-order valence-electron chi connectivity index (χ0n) is 11.7. The Morgan fingerprint density at radius 3 is 2.58 bits per heavy atom. The first-order valence-corrected chi connectivity index (χ1v) is 6.56. The molecule has 5 heteroatoms. The van der Waals surface area contributed by atoms with Crippen molar-refractivity contribution < 1.29 is 14.6 Å². The number of aliphatic hydroxyl groups excluding tert-OH is 1. The van der Waals surface area contributed by atoms with Crippen LogP contribution in [0.3, 0.4) is 0 Å². The Balaban J connectivity index is 2.75. The van der Waals surface area contributed by atoms with Crippen LogP contribution in [0.25, 0.3) is 0 Å². The molecule has 0 bridgehead atoms. The second kappa shape index (κ2) is 6.78. The molecule has 0 aromatic heterocycles. The molecule has 1 amide bonds. The van der Waals surface area contributed by atoms with Crippen LogP contribution in [0.15, 0.2) is 18.2 Å². The third kappa shape index (κ3) is 4.40. The maximum atomic E-state index is 11.8. The highest BCUT2D eigenvalue weighted by atomic mass is 35.5. The molecule has 0 unspecified atom stereocenters. The van der Waals surface area contributed by atoms with Gasteiger partial charge in [-0.1, -0.05) is 11.6 Å². The van der Waals surface area contributed by atoms with Crippen LogP contribution >= 0.6 is 11.6 Å². The van der Waals surface area contributed by atoms with Crippen molar-refractivity contribution in [1.29, 1.82) is 0 Å². The number of likely N-dealkylation sites (N-methyl/N-ethyl adjacent to an activating group) is 1. The van der Waals surface area contributed by atoms with Crippen LogP contribution in [0.2, 0.25) is 5.02 Å². The van der Waals surface area contributed by atoms with Crippen molar-refractivity contribution in [2.75, 3.05) is 13.7 Å². The molecule has 4 nitrogen and oxygen atoms in total. The molecular formula is C14H20ClNO3. The Morgan fingerprint density at radius 1 is 1.42 bits per heavy atom. The summed E-state index contributed by atoms with van der Waals surface area (Å²) in [6.07, 6.45) is -0.702. The summed E-state index contributed by atoms with van der Waals surface area (Å²) in [7, 11) is 1.73. The van der Waals surface area contributed by atoms with Gasteiger partial charge >= 0.3 is 0 Å². The minimum atomic E-state index is -0.702. The van der Waals surface area contributed by atoms with Crippen LogP contribution in [0.4, 0.5) is 0 Å². The average Bonchev–Trinajstić information content (AvgIpc) is 2.35. The number of carbonyl (C=O) groups excluding carboxylic acids is 1. The molecule has 0 heterocycles. The van der Waals surface area contributed by atoms with Crippen LogP contribution in [0.5, 0.6) is 5.75 Å². The lowest BCUT2D eigenvalue weighted by molar-refractivity contribution is -0.133. The molecule has 0 spiro atoms. The second-order valence-corrected chi connectivity index (χ2v) is 5.18. The van der Waals surface area contributed by atoms with Gasteiger partial charge in [0.15, 0.2) is 6.61 Å². The molecule has 1 aromatic rings. The molecule has 0 fully saturated rings. The Bertz CT molecular complexity index is 446. The lowest BCUT2D eigenvalue weighted by atomic mass is 10.1. The van der Waals surface area contributed by atoms with Gasteiger partial charge in [0.1, 0.15) is 5.75 Å². The predicted octanol–water partition coefficient (Wildman–Crippen LogP) is 2.64. The van der Waals surface area contributed by atoms with Gasteiger partial charge in [0, 0.05) is 23.7 Å². The number of rotatable bonds is 5. The number of halogens is 1. The van der Waals surface area contributed by atoms with Gasteiger partial charge in [0.05, 0.1) is 6.10 Å². The van der Waals surface area contributed by atoms with Gasteiger partial charge in [0.2, 0.25) is 0 Å². The molecule has 1 atom stereocenters. The number of aliphatic hydroxyl groups is 1. The molecule has 0 aliphatic heterocycles. The van der Waals surface area contributed by atoms with Gasteiger partial charge in [-0.15, -0.1) is 0 Å². The SMILES string of the molecule is CC(C)N(C)C(=O)COc1ccc(Cl)cc1[C@H](C)O. The van der Waals surface area contributed by atoms with Crippen molar-refractivity contribution in [2.45, 2.75) is 32.9 Å². The molecule has 0 aliphatic carbocycles. The molecule has 1 N–H and O–H groups in total. The van der Waals surface area contributed by atoms with Crippen LogP contribution in [-0.2, 0) is 4.79 Å². The fourth-order valence-electron chi connectivity index (χ4n) is 1.51. The summed E-state index contributed by atoms with van der Waals surface area (Å²) in [6.45, 7) is 5.43. The van der Waals surface area contributed by atoms with E-state index in [4.69, 9.17) is 16.3 Å². The molecule has 1 aromatic carbocycles. The van der Waals surface area contributed by atoms with Gasteiger partial charge in [-0.2, -0.15) is 0 Å². The fourth-order valence-corrected chi connectivity index (χ4v) is 1.69. The zero-order valence-corrected chi connectivity index (χ0v) is 12.4. The predicted molar refractivity (Wildman–Crippen MR) is 75.5 cm³/mol. The number of hydrogen-bond acceptors (Lipinski definition) is 3. The van der Waals surface area contributed by atoms with E-state index >= 15 is 0 Å². The first kappa shape index (κ1) is 15.8. The van der Waals surface area contributed by atoms with Crippen molar-refractivity contribution in [3.63, 3.8) is 0 Å². The van der Waals surface area contributed by atoms with Gasteiger partial charge in [-0.05, 0) is 39.0 Å². The van der Waals surface area contributed by atoms with Crippen molar-refractivity contribution >= 4 is 17.5 Å². The van der Waals surface area contributed by atoms with E-state index in [-0.39, 0.29) is 18.6 Å². The summed E-state index contributed by atoms with van der Waals surface area (Å²) in [4.78, 5) is 13.4. The zero-order chi connectivity index (χ0) is 14.6. The molecule has 0 saturated carbocycles. The summed E-state index contributed by atoms with van der Waals surface area (Å²) in [5.74, 6) is 0.367. The lowest BCUT2D eigenvalue weighted by Gasteiger charge is -2.22. The minimum absolute atomic E-state index is 0.0595. The maximum absolute atomic E-state index is 11.8. The van der Waals surface area contributed by atoms with E-state index in [2.05, 4.69) is 0 Å². The fraction of sp³-hybridized carbons (Fsp3) is 0.500. The van der Waals surface area contributed by atoms with Crippen LogP contribution < -0.4 is 4.74 Å². The largest absolute Gasteiger partial charge is 0.483 e. The van der Waals surface area contributed by atoms with E-state index in [9.17, 15) is 9.90 Å². The van der Waals surface area contributed by atoms with E-state index in [1.54, 1.807) is 37.1 Å². The van der Waals surface area contributed by atoms with Crippen LogP contribution in [0.1, 0.15) is 32.4 Å². The highest BCUT2D eigenvalue weighted by molar-refractivity contribution is 6.30. The monoisotopic (exact) mass is 285 g/mol. The second-order valence-electron chi connectivity index (χ2n) is 4.75. The Labute approximate surface area is 118 Å². The Morgan fingerprint density at radius 2 is 2.05 bits per heavy atom. The maximum Gasteiger partial charge on any atom is 0.260 e.